The number of benzene rings is 1. The summed E-state index contributed by atoms with van der Waals surface area (Å²) in [6.07, 6.45) is 0. The molecule has 0 saturated carbocycles. The summed E-state index contributed by atoms with van der Waals surface area (Å²) in [6.45, 7) is 6.80. The second-order valence-corrected chi connectivity index (χ2v) is 7.16. The average Bonchev–Trinajstić information content (AvgIpc) is 2.63. The molecule has 140 valence electrons. The third kappa shape index (κ3) is 3.89. The first-order valence-electron chi connectivity index (χ1n) is 9.09. The maximum Gasteiger partial charge on any atom is 0.338 e. The molecule has 0 aliphatic carbocycles. The standard InChI is InChI=1S/C19H26N4O3/c1-13-6-4-5-7-14(13)17-16(18(24)26-3)15(20-19(25)21-17)12-23-10-8-22(2)9-11-23/h4-7,17H,8-12H2,1-3H3,(H2,20,21,25)/p+2/t17-/m1/s1. The highest BCUT2D eigenvalue weighted by Gasteiger charge is 2.36. The molecule has 1 atom stereocenters. The summed E-state index contributed by atoms with van der Waals surface area (Å²) >= 11 is 0. The quantitative estimate of drug-likeness (QED) is 0.478. The fraction of sp³-hybridized carbons (Fsp3) is 0.474. The van der Waals surface area contributed by atoms with Gasteiger partial charge >= 0.3 is 12.0 Å². The van der Waals surface area contributed by atoms with Crippen LogP contribution in [0.2, 0.25) is 0 Å². The van der Waals surface area contributed by atoms with E-state index in [4.69, 9.17) is 4.74 Å². The molecule has 2 heterocycles. The third-order valence-electron chi connectivity index (χ3n) is 5.30. The fourth-order valence-electron chi connectivity index (χ4n) is 3.71. The van der Waals surface area contributed by atoms with E-state index in [1.807, 2.05) is 31.2 Å². The molecule has 7 nitrogen and oxygen atoms in total. The zero-order valence-electron chi connectivity index (χ0n) is 15.6. The summed E-state index contributed by atoms with van der Waals surface area (Å²) in [5, 5.41) is 5.75. The molecule has 1 aromatic rings. The van der Waals surface area contributed by atoms with E-state index in [1.165, 1.54) is 16.9 Å². The molecular formula is C19H28N4O3+2. The number of rotatable bonds is 4. The predicted molar refractivity (Wildman–Crippen MR) is 96.8 cm³/mol. The summed E-state index contributed by atoms with van der Waals surface area (Å²) < 4.78 is 5.05. The van der Waals surface area contributed by atoms with Crippen LogP contribution in [0.4, 0.5) is 4.79 Å². The van der Waals surface area contributed by atoms with Crippen LogP contribution in [-0.4, -0.2) is 58.9 Å². The minimum atomic E-state index is -0.495. The molecule has 3 rings (SSSR count). The van der Waals surface area contributed by atoms with Crippen LogP contribution in [0, 0.1) is 6.92 Å². The molecule has 7 heteroatoms. The molecule has 26 heavy (non-hydrogen) atoms. The molecule has 1 saturated heterocycles. The van der Waals surface area contributed by atoms with Crippen molar-refractivity contribution >= 4 is 12.0 Å². The van der Waals surface area contributed by atoms with Crippen LogP contribution in [0.15, 0.2) is 35.5 Å². The summed E-state index contributed by atoms with van der Waals surface area (Å²) in [4.78, 5) is 27.8. The maximum absolute atomic E-state index is 12.6. The molecule has 0 bridgehead atoms. The summed E-state index contributed by atoms with van der Waals surface area (Å²) in [5.41, 5.74) is 3.11. The average molecular weight is 360 g/mol. The number of piperazine rings is 1. The van der Waals surface area contributed by atoms with Gasteiger partial charge in [-0.3, -0.25) is 0 Å². The van der Waals surface area contributed by atoms with Crippen LogP contribution < -0.4 is 20.4 Å². The Kier molecular flexibility index (Phi) is 5.58. The van der Waals surface area contributed by atoms with E-state index in [-0.39, 0.29) is 6.03 Å². The van der Waals surface area contributed by atoms with E-state index < -0.39 is 12.0 Å². The number of carbonyl (C=O) groups is 2. The second kappa shape index (κ2) is 7.88. The van der Waals surface area contributed by atoms with Gasteiger partial charge < -0.3 is 25.2 Å². The molecule has 2 amide bonds. The molecule has 1 fully saturated rings. The second-order valence-electron chi connectivity index (χ2n) is 7.16. The highest BCUT2D eigenvalue weighted by Crippen LogP contribution is 2.29. The molecule has 0 unspecified atom stereocenters. The molecule has 1 aromatic carbocycles. The lowest BCUT2D eigenvalue weighted by atomic mass is 9.92. The first-order chi connectivity index (χ1) is 12.5. The Morgan fingerprint density at radius 1 is 1.23 bits per heavy atom. The first kappa shape index (κ1) is 18.4. The topological polar surface area (TPSA) is 76.3 Å². The maximum atomic E-state index is 12.6. The van der Waals surface area contributed by atoms with Gasteiger partial charge in [0.15, 0.2) is 0 Å². The molecule has 0 radical (unpaired) electrons. The van der Waals surface area contributed by atoms with Gasteiger partial charge in [0.05, 0.1) is 31.5 Å². The number of esters is 1. The number of hydrogen-bond donors (Lipinski definition) is 4. The predicted octanol–water partition coefficient (Wildman–Crippen LogP) is -1.81. The minimum absolute atomic E-state index is 0.278. The van der Waals surface area contributed by atoms with E-state index >= 15 is 0 Å². The minimum Gasteiger partial charge on any atom is -0.466 e. The molecule has 2 aliphatic heterocycles. The van der Waals surface area contributed by atoms with Gasteiger partial charge in [0.1, 0.15) is 32.7 Å². The lowest BCUT2D eigenvalue weighted by molar-refractivity contribution is -1.00. The Bertz CT molecular complexity index is 723. The summed E-state index contributed by atoms with van der Waals surface area (Å²) in [7, 11) is 3.57. The first-order valence-corrected chi connectivity index (χ1v) is 9.09. The number of carbonyl (C=O) groups excluding carboxylic acids is 2. The molecule has 4 N–H and O–H groups in total. The normalized spacial score (nSPS) is 26.1. The molecule has 0 aromatic heterocycles. The summed E-state index contributed by atoms with van der Waals surface area (Å²) in [6, 6.07) is 7.01. The van der Waals surface area contributed by atoms with Crippen molar-refractivity contribution in [2.24, 2.45) is 0 Å². The van der Waals surface area contributed by atoms with Crippen LogP contribution >= 0.6 is 0 Å². The molecule has 0 spiro atoms. The van der Waals surface area contributed by atoms with E-state index in [0.717, 1.165) is 37.3 Å². The van der Waals surface area contributed by atoms with Crippen molar-refractivity contribution in [2.75, 3.05) is 46.9 Å². The number of methoxy groups -OCH3 is 1. The Labute approximate surface area is 154 Å². The highest BCUT2D eigenvalue weighted by atomic mass is 16.5. The van der Waals surface area contributed by atoms with E-state index in [2.05, 4.69) is 17.7 Å². The van der Waals surface area contributed by atoms with Crippen LogP contribution in [0.5, 0.6) is 0 Å². The Balaban J connectivity index is 1.96. The number of quaternary nitrogens is 2. The Hall–Kier alpha value is -2.38. The number of likely N-dealkylation sites (N-methyl/N-ethyl adjacent to an activating group) is 1. The zero-order valence-corrected chi connectivity index (χ0v) is 15.6. The number of amides is 2. The van der Waals surface area contributed by atoms with Gasteiger partial charge in [-0.15, -0.1) is 0 Å². The van der Waals surface area contributed by atoms with Crippen molar-refractivity contribution < 1.29 is 24.1 Å². The highest BCUT2D eigenvalue weighted by molar-refractivity contribution is 5.95. The van der Waals surface area contributed by atoms with Gasteiger partial charge in [-0.2, -0.15) is 0 Å². The lowest BCUT2D eigenvalue weighted by Gasteiger charge is -2.33. The molecular weight excluding hydrogens is 332 g/mol. The van der Waals surface area contributed by atoms with Crippen molar-refractivity contribution in [1.29, 1.82) is 0 Å². The van der Waals surface area contributed by atoms with Gasteiger partial charge in [0.2, 0.25) is 0 Å². The summed E-state index contributed by atoms with van der Waals surface area (Å²) in [5.74, 6) is -0.403. The van der Waals surface area contributed by atoms with Crippen LogP contribution in [0.3, 0.4) is 0 Å². The Morgan fingerprint density at radius 2 is 1.92 bits per heavy atom. The van der Waals surface area contributed by atoms with Crippen molar-refractivity contribution in [3.8, 4) is 0 Å². The number of ether oxygens (including phenoxy) is 1. The van der Waals surface area contributed by atoms with E-state index in [1.54, 1.807) is 0 Å². The largest absolute Gasteiger partial charge is 0.466 e. The smallest absolute Gasteiger partial charge is 0.338 e. The van der Waals surface area contributed by atoms with Gasteiger partial charge in [-0.1, -0.05) is 24.3 Å². The third-order valence-corrected chi connectivity index (χ3v) is 5.30. The van der Waals surface area contributed by atoms with Crippen molar-refractivity contribution in [2.45, 2.75) is 13.0 Å². The Morgan fingerprint density at radius 3 is 2.58 bits per heavy atom. The van der Waals surface area contributed by atoms with Gasteiger partial charge in [0, 0.05) is 0 Å². The monoisotopic (exact) mass is 360 g/mol. The van der Waals surface area contributed by atoms with E-state index in [9.17, 15) is 9.59 Å². The van der Waals surface area contributed by atoms with Gasteiger partial charge in [-0.05, 0) is 18.1 Å². The lowest BCUT2D eigenvalue weighted by Crippen LogP contribution is -3.27. The van der Waals surface area contributed by atoms with Crippen LogP contribution in [-0.2, 0) is 9.53 Å². The van der Waals surface area contributed by atoms with E-state index in [0.29, 0.717) is 17.8 Å². The van der Waals surface area contributed by atoms with Crippen LogP contribution in [0.25, 0.3) is 0 Å². The number of aryl methyl sites for hydroxylation is 1. The zero-order chi connectivity index (χ0) is 18.7. The fourth-order valence-corrected chi connectivity index (χ4v) is 3.71. The number of urea groups is 1. The van der Waals surface area contributed by atoms with Gasteiger partial charge in [0.25, 0.3) is 0 Å². The van der Waals surface area contributed by atoms with Crippen molar-refractivity contribution in [3.63, 3.8) is 0 Å². The van der Waals surface area contributed by atoms with Gasteiger partial charge in [-0.25, -0.2) is 9.59 Å². The molecule has 2 aliphatic rings. The van der Waals surface area contributed by atoms with Crippen molar-refractivity contribution in [1.82, 2.24) is 10.6 Å². The van der Waals surface area contributed by atoms with Crippen LogP contribution in [0.1, 0.15) is 17.2 Å². The SMILES string of the molecule is COC(=O)C1=C(C[NH+]2CC[NH+](C)CC2)NC(=O)N[C@@H]1c1ccccc1C. The van der Waals surface area contributed by atoms with Crippen molar-refractivity contribution in [3.05, 3.63) is 46.7 Å². The number of hydrogen-bond acceptors (Lipinski definition) is 3. The number of nitrogens with one attached hydrogen (secondary N) is 4.